The molecule has 0 bridgehead atoms. The van der Waals surface area contributed by atoms with Crippen LogP contribution in [-0.4, -0.2) is 23.9 Å². The molecule has 0 amide bonds. The van der Waals surface area contributed by atoms with E-state index in [1.165, 1.54) is 0 Å². The highest BCUT2D eigenvalue weighted by molar-refractivity contribution is 5.47. The zero-order valence-corrected chi connectivity index (χ0v) is 12.8. The summed E-state index contributed by atoms with van der Waals surface area (Å²) in [6, 6.07) is 18.2. The molecule has 0 saturated carbocycles. The summed E-state index contributed by atoms with van der Waals surface area (Å²) in [6.07, 6.45) is 3.82. The average molecular weight is 292 g/mol. The number of rotatable bonds is 4. The van der Waals surface area contributed by atoms with Crippen LogP contribution in [0.3, 0.4) is 0 Å². The zero-order valence-electron chi connectivity index (χ0n) is 12.8. The molecule has 0 aliphatic heterocycles. The summed E-state index contributed by atoms with van der Waals surface area (Å²) < 4.78 is 1.85. The van der Waals surface area contributed by atoms with Gasteiger partial charge in [0.1, 0.15) is 0 Å². The van der Waals surface area contributed by atoms with E-state index in [4.69, 9.17) is 5.73 Å². The largest absolute Gasteiger partial charge is 0.378 e. The van der Waals surface area contributed by atoms with Crippen LogP contribution >= 0.6 is 0 Å². The average Bonchev–Trinajstić information content (AvgIpc) is 3.05. The molecule has 3 aromatic rings. The molecule has 4 heteroatoms. The molecule has 1 unspecified atom stereocenters. The monoisotopic (exact) mass is 292 g/mol. The molecule has 112 valence electrons. The lowest BCUT2D eigenvalue weighted by molar-refractivity contribution is 0.861. The van der Waals surface area contributed by atoms with Crippen molar-refractivity contribution in [3.05, 3.63) is 78.1 Å². The molecular formula is C18H20N4. The molecule has 2 aromatic carbocycles. The van der Waals surface area contributed by atoms with Crippen molar-refractivity contribution in [2.24, 2.45) is 5.73 Å². The van der Waals surface area contributed by atoms with Crippen LogP contribution in [0.4, 0.5) is 5.69 Å². The van der Waals surface area contributed by atoms with Gasteiger partial charge < -0.3 is 10.6 Å². The highest BCUT2D eigenvalue weighted by Crippen LogP contribution is 2.22. The molecule has 0 fully saturated rings. The number of para-hydroxylation sites is 1. The molecule has 4 nitrogen and oxygen atoms in total. The molecule has 1 aromatic heterocycles. The Morgan fingerprint density at radius 2 is 1.64 bits per heavy atom. The maximum Gasteiger partial charge on any atom is 0.0645 e. The Labute approximate surface area is 130 Å². The number of nitrogens with zero attached hydrogens (tertiary/aromatic N) is 3. The first kappa shape index (κ1) is 14.4. The van der Waals surface area contributed by atoms with Gasteiger partial charge in [-0.2, -0.15) is 5.10 Å². The second-order valence-electron chi connectivity index (χ2n) is 5.52. The summed E-state index contributed by atoms with van der Waals surface area (Å²) >= 11 is 0. The van der Waals surface area contributed by atoms with Crippen molar-refractivity contribution in [3.8, 4) is 5.69 Å². The summed E-state index contributed by atoms with van der Waals surface area (Å²) in [5, 5.41) is 4.41. The van der Waals surface area contributed by atoms with E-state index < -0.39 is 0 Å². The normalized spacial score (nSPS) is 12.1. The summed E-state index contributed by atoms with van der Waals surface area (Å²) in [7, 11) is 4.05. The smallest absolute Gasteiger partial charge is 0.0645 e. The van der Waals surface area contributed by atoms with E-state index in [0.717, 1.165) is 22.5 Å². The fourth-order valence-electron chi connectivity index (χ4n) is 2.39. The minimum atomic E-state index is -0.173. The van der Waals surface area contributed by atoms with Crippen LogP contribution in [-0.2, 0) is 0 Å². The molecule has 0 aliphatic rings. The molecule has 0 radical (unpaired) electrons. The zero-order chi connectivity index (χ0) is 15.5. The highest BCUT2D eigenvalue weighted by atomic mass is 15.3. The lowest BCUT2D eigenvalue weighted by Gasteiger charge is -2.15. The van der Waals surface area contributed by atoms with Gasteiger partial charge in [0.15, 0.2) is 0 Å². The Morgan fingerprint density at radius 1 is 0.955 bits per heavy atom. The van der Waals surface area contributed by atoms with Gasteiger partial charge in [0.05, 0.1) is 17.9 Å². The first-order valence-electron chi connectivity index (χ1n) is 7.28. The molecule has 22 heavy (non-hydrogen) atoms. The molecule has 3 rings (SSSR count). The Morgan fingerprint density at radius 3 is 2.27 bits per heavy atom. The summed E-state index contributed by atoms with van der Waals surface area (Å²) in [4.78, 5) is 2.07. The molecular weight excluding hydrogens is 272 g/mol. The van der Waals surface area contributed by atoms with Gasteiger partial charge in [-0.15, -0.1) is 0 Å². The van der Waals surface area contributed by atoms with Gasteiger partial charge in [-0.3, -0.25) is 0 Å². The first-order valence-corrected chi connectivity index (χ1v) is 7.28. The number of hydrogen-bond acceptors (Lipinski definition) is 3. The molecule has 0 aliphatic carbocycles. The molecule has 0 spiro atoms. The van der Waals surface area contributed by atoms with E-state index in [9.17, 15) is 0 Å². The van der Waals surface area contributed by atoms with Gasteiger partial charge in [0.2, 0.25) is 0 Å². The summed E-state index contributed by atoms with van der Waals surface area (Å²) in [5.74, 6) is 0. The maximum absolute atomic E-state index is 6.37. The lowest BCUT2D eigenvalue weighted by atomic mass is 10.0. The third-order valence-corrected chi connectivity index (χ3v) is 3.75. The highest BCUT2D eigenvalue weighted by Gasteiger charge is 2.12. The van der Waals surface area contributed by atoms with Gasteiger partial charge >= 0.3 is 0 Å². The second kappa shape index (κ2) is 6.03. The minimum absolute atomic E-state index is 0.173. The fourth-order valence-corrected chi connectivity index (χ4v) is 2.39. The van der Waals surface area contributed by atoms with Crippen LogP contribution in [0.2, 0.25) is 0 Å². The SMILES string of the molecule is CN(C)c1ccc(C(N)c2cnn(-c3ccccc3)c2)cc1. The quantitative estimate of drug-likeness (QED) is 0.804. The van der Waals surface area contributed by atoms with Crippen molar-refractivity contribution in [2.75, 3.05) is 19.0 Å². The molecule has 1 atom stereocenters. The predicted octanol–water partition coefficient (Wildman–Crippen LogP) is 2.99. The van der Waals surface area contributed by atoms with E-state index >= 15 is 0 Å². The van der Waals surface area contributed by atoms with E-state index in [-0.39, 0.29) is 6.04 Å². The van der Waals surface area contributed by atoms with Crippen LogP contribution in [0.1, 0.15) is 17.2 Å². The Kier molecular flexibility index (Phi) is 3.94. The molecule has 1 heterocycles. The maximum atomic E-state index is 6.37. The van der Waals surface area contributed by atoms with Crippen LogP contribution in [0.5, 0.6) is 0 Å². The van der Waals surface area contributed by atoms with E-state index in [1.807, 2.05) is 61.5 Å². The molecule has 2 N–H and O–H groups in total. The fraction of sp³-hybridized carbons (Fsp3) is 0.167. The van der Waals surface area contributed by atoms with E-state index in [0.29, 0.717) is 0 Å². The van der Waals surface area contributed by atoms with Gasteiger partial charge in [-0.05, 0) is 29.8 Å². The van der Waals surface area contributed by atoms with Crippen LogP contribution < -0.4 is 10.6 Å². The lowest BCUT2D eigenvalue weighted by Crippen LogP contribution is -2.12. The minimum Gasteiger partial charge on any atom is -0.378 e. The third kappa shape index (κ3) is 2.87. The van der Waals surface area contributed by atoms with Crippen molar-refractivity contribution < 1.29 is 0 Å². The summed E-state index contributed by atoms with van der Waals surface area (Å²) in [6.45, 7) is 0. The number of anilines is 1. The topological polar surface area (TPSA) is 47.1 Å². The standard InChI is InChI=1S/C18H20N4/c1-21(2)16-10-8-14(9-11-16)18(19)15-12-20-22(13-15)17-6-4-3-5-7-17/h3-13,18H,19H2,1-2H3. The Hall–Kier alpha value is -2.59. The molecule has 0 saturated heterocycles. The van der Waals surface area contributed by atoms with Crippen molar-refractivity contribution in [3.63, 3.8) is 0 Å². The van der Waals surface area contributed by atoms with Crippen LogP contribution in [0, 0.1) is 0 Å². The van der Waals surface area contributed by atoms with Crippen LogP contribution in [0.25, 0.3) is 5.69 Å². The predicted molar refractivity (Wildman–Crippen MR) is 90.4 cm³/mol. The van der Waals surface area contributed by atoms with Gasteiger partial charge in [0, 0.05) is 31.5 Å². The Balaban J connectivity index is 1.83. The van der Waals surface area contributed by atoms with E-state index in [2.05, 4.69) is 34.3 Å². The van der Waals surface area contributed by atoms with Gasteiger partial charge in [-0.25, -0.2) is 4.68 Å². The number of benzene rings is 2. The first-order chi connectivity index (χ1) is 10.6. The van der Waals surface area contributed by atoms with Crippen molar-refractivity contribution >= 4 is 5.69 Å². The van der Waals surface area contributed by atoms with Gasteiger partial charge in [0.25, 0.3) is 0 Å². The number of hydrogen-bond donors (Lipinski definition) is 1. The van der Waals surface area contributed by atoms with Crippen molar-refractivity contribution in [1.82, 2.24) is 9.78 Å². The van der Waals surface area contributed by atoms with E-state index in [1.54, 1.807) is 0 Å². The van der Waals surface area contributed by atoms with Gasteiger partial charge in [-0.1, -0.05) is 30.3 Å². The summed E-state index contributed by atoms with van der Waals surface area (Å²) in [5.41, 5.74) is 10.6. The Bertz CT molecular complexity index is 729. The number of aromatic nitrogens is 2. The second-order valence-corrected chi connectivity index (χ2v) is 5.52. The number of nitrogens with two attached hydrogens (primary N) is 1. The van der Waals surface area contributed by atoms with Crippen molar-refractivity contribution in [2.45, 2.75) is 6.04 Å². The third-order valence-electron chi connectivity index (χ3n) is 3.75. The van der Waals surface area contributed by atoms with Crippen molar-refractivity contribution in [1.29, 1.82) is 0 Å². The van der Waals surface area contributed by atoms with Crippen LogP contribution in [0.15, 0.2) is 67.0 Å².